The summed E-state index contributed by atoms with van der Waals surface area (Å²) in [7, 11) is 0. The summed E-state index contributed by atoms with van der Waals surface area (Å²) in [5, 5.41) is 9.07. The molecule has 3 N–H and O–H groups in total. The van der Waals surface area contributed by atoms with E-state index in [0.717, 1.165) is 4.88 Å². The minimum Gasteiger partial charge on any atom is -0.481 e. The second kappa shape index (κ2) is 4.96. The van der Waals surface area contributed by atoms with Gasteiger partial charge < -0.3 is 10.8 Å². The van der Waals surface area contributed by atoms with Crippen LogP contribution in [0.3, 0.4) is 0 Å². The van der Waals surface area contributed by atoms with E-state index < -0.39 is 17.9 Å². The molecule has 0 aliphatic rings. The van der Waals surface area contributed by atoms with Crippen molar-refractivity contribution in [1.82, 2.24) is 0 Å². The Kier molecular flexibility index (Phi) is 4.13. The second-order valence-electron chi connectivity index (χ2n) is 3.78. The Bertz CT molecular complexity index is 351. The van der Waals surface area contributed by atoms with Gasteiger partial charge in [0.15, 0.2) is 0 Å². The lowest BCUT2D eigenvalue weighted by molar-refractivity contribution is -0.144. The SMILES string of the molecule is CC(C)C(C(=O)O)C(N)c1ccc(Cl)s1. The molecule has 1 rings (SSSR count). The molecule has 2 atom stereocenters. The average Bonchev–Trinajstić information content (AvgIpc) is 2.50. The summed E-state index contributed by atoms with van der Waals surface area (Å²) >= 11 is 7.12. The summed E-state index contributed by atoms with van der Waals surface area (Å²) in [5.41, 5.74) is 5.93. The first-order valence-corrected chi connectivity index (χ1v) is 5.86. The Hall–Kier alpha value is -0.580. The number of carboxylic acids is 1. The van der Waals surface area contributed by atoms with E-state index in [4.69, 9.17) is 22.4 Å². The molecule has 84 valence electrons. The van der Waals surface area contributed by atoms with Crippen LogP contribution in [0.4, 0.5) is 0 Å². The van der Waals surface area contributed by atoms with Crippen LogP contribution in [0, 0.1) is 11.8 Å². The van der Waals surface area contributed by atoms with Gasteiger partial charge in [-0.15, -0.1) is 11.3 Å². The molecule has 0 spiro atoms. The zero-order valence-electron chi connectivity index (χ0n) is 8.61. The summed E-state index contributed by atoms with van der Waals surface area (Å²) in [6.07, 6.45) is 0. The van der Waals surface area contributed by atoms with Crippen molar-refractivity contribution in [2.75, 3.05) is 0 Å². The first-order valence-electron chi connectivity index (χ1n) is 4.67. The first kappa shape index (κ1) is 12.5. The van der Waals surface area contributed by atoms with Crippen LogP contribution < -0.4 is 5.73 Å². The maximum atomic E-state index is 11.1. The Morgan fingerprint density at radius 3 is 2.47 bits per heavy atom. The fourth-order valence-corrected chi connectivity index (χ4v) is 2.65. The molecular weight excluding hydrogens is 234 g/mol. The van der Waals surface area contributed by atoms with E-state index in [-0.39, 0.29) is 5.92 Å². The molecule has 0 amide bonds. The number of aliphatic carboxylic acids is 1. The lowest BCUT2D eigenvalue weighted by Crippen LogP contribution is -2.31. The van der Waals surface area contributed by atoms with Crippen LogP contribution in [-0.4, -0.2) is 11.1 Å². The predicted molar refractivity (Wildman–Crippen MR) is 62.2 cm³/mol. The monoisotopic (exact) mass is 247 g/mol. The maximum absolute atomic E-state index is 11.1. The van der Waals surface area contributed by atoms with Crippen LogP contribution in [0.2, 0.25) is 4.34 Å². The average molecular weight is 248 g/mol. The number of halogens is 1. The molecule has 0 bridgehead atoms. The number of nitrogens with two attached hydrogens (primary N) is 1. The molecular formula is C10H14ClNO2S. The molecule has 0 radical (unpaired) electrons. The van der Waals surface area contributed by atoms with Crippen LogP contribution in [0.25, 0.3) is 0 Å². The van der Waals surface area contributed by atoms with Gasteiger partial charge in [-0.2, -0.15) is 0 Å². The van der Waals surface area contributed by atoms with E-state index in [9.17, 15) is 4.79 Å². The third-order valence-electron chi connectivity index (χ3n) is 2.31. The Balaban J connectivity index is 2.90. The van der Waals surface area contributed by atoms with Crippen molar-refractivity contribution in [3.63, 3.8) is 0 Å². The highest BCUT2D eigenvalue weighted by molar-refractivity contribution is 7.16. The third-order valence-corrected chi connectivity index (χ3v) is 3.65. The van der Waals surface area contributed by atoms with Crippen LogP contribution in [0.1, 0.15) is 24.8 Å². The van der Waals surface area contributed by atoms with Crippen molar-refractivity contribution in [3.8, 4) is 0 Å². The minimum atomic E-state index is -0.859. The lowest BCUT2D eigenvalue weighted by Gasteiger charge is -2.22. The molecule has 0 aromatic carbocycles. The molecule has 0 saturated heterocycles. The van der Waals surface area contributed by atoms with Crippen LogP contribution in [0.15, 0.2) is 12.1 Å². The number of carboxylic acid groups (broad SMARTS) is 1. The molecule has 0 aliphatic carbocycles. The molecule has 2 unspecified atom stereocenters. The summed E-state index contributed by atoms with van der Waals surface area (Å²) in [6, 6.07) is 3.04. The molecule has 15 heavy (non-hydrogen) atoms. The molecule has 1 heterocycles. The Morgan fingerprint density at radius 1 is 1.53 bits per heavy atom. The van der Waals surface area contributed by atoms with E-state index >= 15 is 0 Å². The van der Waals surface area contributed by atoms with Gasteiger partial charge in [-0.05, 0) is 18.1 Å². The molecule has 0 fully saturated rings. The highest BCUT2D eigenvalue weighted by Crippen LogP contribution is 2.32. The van der Waals surface area contributed by atoms with Gasteiger partial charge in [0.1, 0.15) is 0 Å². The largest absolute Gasteiger partial charge is 0.481 e. The van der Waals surface area contributed by atoms with Gasteiger partial charge in [0.05, 0.1) is 16.3 Å². The van der Waals surface area contributed by atoms with Crippen LogP contribution >= 0.6 is 22.9 Å². The van der Waals surface area contributed by atoms with Gasteiger partial charge in [0, 0.05) is 4.88 Å². The molecule has 0 aliphatic heterocycles. The van der Waals surface area contributed by atoms with Crippen molar-refractivity contribution in [3.05, 3.63) is 21.3 Å². The number of carbonyl (C=O) groups is 1. The summed E-state index contributed by atoms with van der Waals surface area (Å²) in [5.74, 6) is -1.43. The van der Waals surface area contributed by atoms with Gasteiger partial charge in [-0.25, -0.2) is 0 Å². The Labute approximate surface area is 97.9 Å². The van der Waals surface area contributed by atoms with Gasteiger partial charge in [0.2, 0.25) is 0 Å². The van der Waals surface area contributed by atoms with Crippen molar-refractivity contribution in [1.29, 1.82) is 0 Å². The van der Waals surface area contributed by atoms with Crippen molar-refractivity contribution < 1.29 is 9.90 Å². The molecule has 5 heteroatoms. The number of hydrogen-bond donors (Lipinski definition) is 2. The standard InChI is InChI=1S/C10H14ClNO2S/c1-5(2)8(10(13)14)9(12)6-3-4-7(11)15-6/h3-5,8-9H,12H2,1-2H3,(H,13,14). The minimum absolute atomic E-state index is 0.00150. The van der Waals surface area contributed by atoms with E-state index in [1.807, 2.05) is 13.8 Å². The van der Waals surface area contributed by atoms with Crippen LogP contribution in [0.5, 0.6) is 0 Å². The quantitative estimate of drug-likeness (QED) is 0.860. The molecule has 0 saturated carbocycles. The van der Waals surface area contributed by atoms with Gasteiger partial charge in [-0.1, -0.05) is 25.4 Å². The summed E-state index contributed by atoms with van der Waals surface area (Å²) in [6.45, 7) is 3.71. The summed E-state index contributed by atoms with van der Waals surface area (Å²) < 4.78 is 0.633. The number of rotatable bonds is 4. The fourth-order valence-electron chi connectivity index (χ4n) is 1.54. The number of hydrogen-bond acceptors (Lipinski definition) is 3. The molecule has 3 nitrogen and oxygen atoms in total. The van der Waals surface area contributed by atoms with Crippen molar-refractivity contribution in [2.45, 2.75) is 19.9 Å². The zero-order valence-corrected chi connectivity index (χ0v) is 10.2. The smallest absolute Gasteiger partial charge is 0.308 e. The fraction of sp³-hybridized carbons (Fsp3) is 0.500. The van der Waals surface area contributed by atoms with Crippen LogP contribution in [-0.2, 0) is 4.79 Å². The van der Waals surface area contributed by atoms with Crippen molar-refractivity contribution >= 4 is 28.9 Å². The van der Waals surface area contributed by atoms with Crippen molar-refractivity contribution in [2.24, 2.45) is 17.6 Å². The topological polar surface area (TPSA) is 63.3 Å². The highest BCUT2D eigenvalue weighted by atomic mass is 35.5. The van der Waals surface area contributed by atoms with E-state index in [1.54, 1.807) is 12.1 Å². The number of thiophene rings is 1. The molecule has 1 aromatic heterocycles. The van der Waals surface area contributed by atoms with E-state index in [1.165, 1.54) is 11.3 Å². The third kappa shape index (κ3) is 2.93. The predicted octanol–water partition coefficient (Wildman–Crippen LogP) is 2.76. The zero-order chi connectivity index (χ0) is 11.6. The first-order chi connectivity index (χ1) is 6.93. The maximum Gasteiger partial charge on any atom is 0.308 e. The summed E-state index contributed by atoms with van der Waals surface area (Å²) in [4.78, 5) is 11.9. The van der Waals surface area contributed by atoms with Gasteiger partial charge in [-0.3, -0.25) is 4.79 Å². The second-order valence-corrected chi connectivity index (χ2v) is 5.52. The normalized spacial score (nSPS) is 15.3. The van der Waals surface area contributed by atoms with E-state index in [0.29, 0.717) is 4.34 Å². The highest BCUT2D eigenvalue weighted by Gasteiger charge is 2.30. The molecule has 1 aromatic rings. The van der Waals surface area contributed by atoms with Gasteiger partial charge >= 0.3 is 5.97 Å². The lowest BCUT2D eigenvalue weighted by atomic mass is 9.88. The Morgan fingerprint density at radius 2 is 2.13 bits per heavy atom. The van der Waals surface area contributed by atoms with Gasteiger partial charge in [0.25, 0.3) is 0 Å². The van der Waals surface area contributed by atoms with E-state index in [2.05, 4.69) is 0 Å².